The van der Waals surface area contributed by atoms with Crippen LogP contribution < -0.4 is 5.32 Å². The molecule has 1 aromatic heterocycles. The number of amides is 1. The van der Waals surface area contributed by atoms with Crippen LogP contribution in [0, 0.1) is 6.92 Å². The number of ether oxygens (including phenoxy) is 1. The zero-order valence-electron chi connectivity index (χ0n) is 14.7. The summed E-state index contributed by atoms with van der Waals surface area (Å²) in [5.41, 5.74) is 2.45. The van der Waals surface area contributed by atoms with E-state index in [4.69, 9.17) is 0 Å². The maximum absolute atomic E-state index is 12.0. The van der Waals surface area contributed by atoms with Crippen molar-refractivity contribution in [2.24, 2.45) is 0 Å². The van der Waals surface area contributed by atoms with Gasteiger partial charge in [0, 0.05) is 13.0 Å². The van der Waals surface area contributed by atoms with Gasteiger partial charge in [0.05, 0.1) is 30.6 Å². The second-order valence-electron chi connectivity index (χ2n) is 5.78. The number of rotatable bonds is 9. The smallest absolute Gasteiger partial charge is 0.305 e. The third kappa shape index (κ3) is 5.70. The number of benzene rings is 1. The van der Waals surface area contributed by atoms with Gasteiger partial charge in [0.25, 0.3) is 0 Å². The highest BCUT2D eigenvalue weighted by atomic mass is 16.5. The van der Waals surface area contributed by atoms with Crippen LogP contribution >= 0.6 is 0 Å². The molecule has 7 heteroatoms. The second-order valence-corrected chi connectivity index (χ2v) is 5.78. The van der Waals surface area contributed by atoms with Crippen molar-refractivity contribution in [3.8, 4) is 5.69 Å². The Kier molecular flexibility index (Phi) is 7.13. The highest BCUT2D eigenvalue weighted by Crippen LogP contribution is 2.12. The summed E-state index contributed by atoms with van der Waals surface area (Å²) in [6.45, 7) is 2.49. The van der Waals surface area contributed by atoms with Crippen molar-refractivity contribution in [1.82, 2.24) is 20.3 Å². The summed E-state index contributed by atoms with van der Waals surface area (Å²) in [4.78, 5) is 23.0. The molecule has 0 aliphatic carbocycles. The molecular weight excluding hydrogens is 320 g/mol. The van der Waals surface area contributed by atoms with E-state index in [1.807, 2.05) is 37.3 Å². The molecule has 2 aromatic rings. The number of unbranched alkanes of at least 4 members (excludes halogenated alkanes) is 2. The predicted octanol–water partition coefficient (Wildman–Crippen LogP) is 1.97. The lowest BCUT2D eigenvalue weighted by atomic mass is 10.2. The van der Waals surface area contributed by atoms with Crippen LogP contribution in [0.3, 0.4) is 0 Å². The monoisotopic (exact) mass is 344 g/mol. The summed E-state index contributed by atoms with van der Waals surface area (Å²) in [5.74, 6) is -0.266. The van der Waals surface area contributed by atoms with Crippen LogP contribution in [0.4, 0.5) is 0 Å². The molecule has 0 aliphatic rings. The molecule has 0 unspecified atom stereocenters. The molecule has 0 fully saturated rings. The Bertz CT molecular complexity index is 698. The van der Waals surface area contributed by atoms with Gasteiger partial charge in [-0.1, -0.05) is 29.8 Å². The van der Waals surface area contributed by atoms with E-state index >= 15 is 0 Å². The van der Waals surface area contributed by atoms with Crippen molar-refractivity contribution in [3.05, 3.63) is 41.7 Å². The molecule has 1 heterocycles. The van der Waals surface area contributed by atoms with E-state index in [2.05, 4.69) is 20.4 Å². The minimum atomic E-state index is -0.194. The van der Waals surface area contributed by atoms with E-state index in [9.17, 15) is 9.59 Å². The zero-order chi connectivity index (χ0) is 18.1. The van der Waals surface area contributed by atoms with Crippen LogP contribution in [0.25, 0.3) is 5.69 Å². The van der Waals surface area contributed by atoms with Crippen molar-refractivity contribution >= 4 is 11.9 Å². The Hall–Kier alpha value is -2.70. The Balaban J connectivity index is 1.74. The average Bonchev–Trinajstić information content (AvgIpc) is 2.99. The lowest BCUT2D eigenvalue weighted by Crippen LogP contribution is -2.26. The molecule has 0 radical (unpaired) electrons. The molecule has 0 bridgehead atoms. The number of aromatic nitrogens is 3. The van der Waals surface area contributed by atoms with Crippen LogP contribution in [0.2, 0.25) is 0 Å². The highest BCUT2D eigenvalue weighted by Gasteiger charge is 2.13. The Morgan fingerprint density at radius 1 is 1.16 bits per heavy atom. The quantitative estimate of drug-likeness (QED) is 0.555. The van der Waals surface area contributed by atoms with Gasteiger partial charge in [0.15, 0.2) is 0 Å². The maximum Gasteiger partial charge on any atom is 0.305 e. The van der Waals surface area contributed by atoms with Gasteiger partial charge >= 0.3 is 5.97 Å². The van der Waals surface area contributed by atoms with Crippen LogP contribution in [0.5, 0.6) is 0 Å². The molecule has 1 aromatic carbocycles. The topological polar surface area (TPSA) is 86.1 Å². The summed E-state index contributed by atoms with van der Waals surface area (Å²) in [5, 5.41) is 11.1. The predicted molar refractivity (Wildman–Crippen MR) is 93.3 cm³/mol. The molecule has 1 N–H and O–H groups in total. The molecule has 134 valence electrons. The van der Waals surface area contributed by atoms with E-state index in [1.165, 1.54) is 7.11 Å². The number of nitrogens with one attached hydrogen (secondary N) is 1. The first-order chi connectivity index (χ1) is 12.1. The van der Waals surface area contributed by atoms with E-state index in [0.717, 1.165) is 30.6 Å². The zero-order valence-corrected chi connectivity index (χ0v) is 14.7. The highest BCUT2D eigenvalue weighted by molar-refractivity contribution is 5.78. The minimum Gasteiger partial charge on any atom is -0.469 e. The first-order valence-electron chi connectivity index (χ1n) is 8.42. The van der Waals surface area contributed by atoms with Crippen molar-refractivity contribution in [2.75, 3.05) is 13.7 Å². The largest absolute Gasteiger partial charge is 0.469 e. The molecular formula is C18H24N4O3. The summed E-state index contributed by atoms with van der Waals surface area (Å²) in [6.07, 6.45) is 3.11. The van der Waals surface area contributed by atoms with E-state index in [1.54, 1.807) is 4.68 Å². The van der Waals surface area contributed by atoms with Gasteiger partial charge in [-0.15, -0.1) is 5.10 Å². The average molecular weight is 344 g/mol. The molecule has 7 nitrogen and oxygen atoms in total. The number of carbonyl (C=O) groups excluding carboxylic acids is 2. The van der Waals surface area contributed by atoms with Crippen molar-refractivity contribution in [2.45, 2.75) is 39.0 Å². The minimum absolute atomic E-state index is 0.0730. The van der Waals surface area contributed by atoms with Gasteiger partial charge in [0.2, 0.25) is 5.91 Å². The standard InChI is InChI=1S/C18H24N4O3/c1-14-16(20-21-22(14)15-9-5-3-6-10-15)13-17(23)19-12-8-4-7-11-18(24)25-2/h3,5-6,9-10H,4,7-8,11-13H2,1-2H3,(H,19,23). The lowest BCUT2D eigenvalue weighted by Gasteiger charge is -2.05. The number of nitrogens with zero attached hydrogens (tertiary/aromatic N) is 3. The number of esters is 1. The first-order valence-corrected chi connectivity index (χ1v) is 8.42. The Morgan fingerprint density at radius 3 is 2.64 bits per heavy atom. The van der Waals surface area contributed by atoms with Crippen LogP contribution in [-0.4, -0.2) is 40.5 Å². The van der Waals surface area contributed by atoms with Gasteiger partial charge in [-0.2, -0.15) is 0 Å². The van der Waals surface area contributed by atoms with Crippen LogP contribution in [0.15, 0.2) is 30.3 Å². The normalized spacial score (nSPS) is 10.5. The van der Waals surface area contributed by atoms with Gasteiger partial charge < -0.3 is 10.1 Å². The van der Waals surface area contributed by atoms with E-state index in [-0.39, 0.29) is 18.3 Å². The van der Waals surface area contributed by atoms with Gasteiger partial charge in [0.1, 0.15) is 0 Å². The summed E-state index contributed by atoms with van der Waals surface area (Å²) in [6, 6.07) is 9.70. The van der Waals surface area contributed by atoms with Gasteiger partial charge in [-0.05, 0) is 31.9 Å². The molecule has 0 saturated carbocycles. The maximum atomic E-state index is 12.0. The van der Waals surface area contributed by atoms with E-state index in [0.29, 0.717) is 18.7 Å². The van der Waals surface area contributed by atoms with Gasteiger partial charge in [-0.3, -0.25) is 9.59 Å². The SMILES string of the molecule is COC(=O)CCCCCNC(=O)Cc1nnn(-c2ccccc2)c1C. The fourth-order valence-electron chi connectivity index (χ4n) is 2.45. The summed E-state index contributed by atoms with van der Waals surface area (Å²) in [7, 11) is 1.39. The van der Waals surface area contributed by atoms with Crippen molar-refractivity contribution in [1.29, 1.82) is 0 Å². The Morgan fingerprint density at radius 2 is 1.92 bits per heavy atom. The number of para-hydroxylation sites is 1. The number of hydrogen-bond donors (Lipinski definition) is 1. The third-order valence-electron chi connectivity index (χ3n) is 3.93. The fraction of sp³-hybridized carbons (Fsp3) is 0.444. The van der Waals surface area contributed by atoms with Gasteiger partial charge in [-0.25, -0.2) is 4.68 Å². The van der Waals surface area contributed by atoms with Crippen molar-refractivity contribution < 1.29 is 14.3 Å². The van der Waals surface area contributed by atoms with E-state index < -0.39 is 0 Å². The molecule has 0 aliphatic heterocycles. The third-order valence-corrected chi connectivity index (χ3v) is 3.93. The number of carbonyl (C=O) groups is 2. The summed E-state index contributed by atoms with van der Waals surface area (Å²) >= 11 is 0. The second kappa shape index (κ2) is 9.56. The van der Waals surface area contributed by atoms with Crippen molar-refractivity contribution in [3.63, 3.8) is 0 Å². The lowest BCUT2D eigenvalue weighted by molar-refractivity contribution is -0.140. The number of methoxy groups -OCH3 is 1. The first kappa shape index (κ1) is 18.6. The molecule has 25 heavy (non-hydrogen) atoms. The molecule has 2 rings (SSSR count). The summed E-state index contributed by atoms with van der Waals surface area (Å²) < 4.78 is 6.31. The van der Waals surface area contributed by atoms with Crippen LogP contribution in [-0.2, 0) is 20.7 Å². The fourth-order valence-corrected chi connectivity index (χ4v) is 2.45. The molecule has 0 spiro atoms. The Labute approximate surface area is 147 Å². The molecule has 1 amide bonds. The number of hydrogen-bond acceptors (Lipinski definition) is 5. The molecule has 0 atom stereocenters. The molecule has 0 saturated heterocycles. The van der Waals surface area contributed by atoms with Crippen LogP contribution in [0.1, 0.15) is 37.1 Å².